The summed E-state index contributed by atoms with van der Waals surface area (Å²) in [5, 5.41) is 1.01. The van der Waals surface area contributed by atoms with Crippen LogP contribution in [0.4, 0.5) is 17.2 Å². The number of nitrogens with two attached hydrogens (primary N) is 1. The Kier molecular flexibility index (Phi) is 3.81. The lowest BCUT2D eigenvalue weighted by Gasteiger charge is -2.19. The van der Waals surface area contributed by atoms with Crippen LogP contribution in [0.2, 0.25) is 0 Å². The summed E-state index contributed by atoms with van der Waals surface area (Å²) < 4.78 is 6.54. The van der Waals surface area contributed by atoms with Gasteiger partial charge in [0.2, 0.25) is 0 Å². The highest BCUT2D eigenvalue weighted by Crippen LogP contribution is 2.40. The molecular weight excluding hydrogens is 366 g/mol. The molecule has 2 N–H and O–H groups in total. The number of benzene rings is 2. The summed E-state index contributed by atoms with van der Waals surface area (Å²) in [5.41, 5.74) is 10.4. The molecule has 0 bridgehead atoms. The molecule has 4 nitrogen and oxygen atoms in total. The van der Waals surface area contributed by atoms with Crippen molar-refractivity contribution in [3.05, 3.63) is 52.5 Å². The molecule has 24 heavy (non-hydrogen) atoms. The van der Waals surface area contributed by atoms with Gasteiger partial charge in [-0.1, -0.05) is 15.9 Å². The molecule has 2 aromatic carbocycles. The number of anilines is 3. The molecule has 0 saturated heterocycles. The first-order valence-corrected chi connectivity index (χ1v) is 8.84. The minimum Gasteiger partial charge on any atom is -0.494 e. The number of hydrogen-bond acceptors (Lipinski definition) is 4. The molecule has 3 aromatic rings. The van der Waals surface area contributed by atoms with Gasteiger partial charge in [-0.2, -0.15) is 0 Å². The van der Waals surface area contributed by atoms with E-state index in [1.807, 2.05) is 37.3 Å². The van der Waals surface area contributed by atoms with E-state index in [4.69, 9.17) is 15.5 Å². The van der Waals surface area contributed by atoms with E-state index in [0.717, 1.165) is 56.8 Å². The van der Waals surface area contributed by atoms with Crippen LogP contribution in [0, 0.1) is 0 Å². The van der Waals surface area contributed by atoms with E-state index in [2.05, 4.69) is 33.0 Å². The number of nitrogens with zero attached hydrogens (tertiary/aromatic N) is 2. The Morgan fingerprint density at radius 2 is 2.00 bits per heavy atom. The molecule has 0 saturated carbocycles. The number of halogens is 1. The van der Waals surface area contributed by atoms with Gasteiger partial charge in [-0.25, -0.2) is 4.98 Å². The number of hydrogen-bond donors (Lipinski definition) is 1. The Labute approximate surface area is 149 Å². The summed E-state index contributed by atoms with van der Waals surface area (Å²) in [7, 11) is 0. The third-order valence-electron chi connectivity index (χ3n) is 4.37. The van der Waals surface area contributed by atoms with Crippen LogP contribution in [-0.2, 0) is 6.42 Å². The monoisotopic (exact) mass is 383 g/mol. The van der Waals surface area contributed by atoms with Crippen LogP contribution >= 0.6 is 15.9 Å². The highest BCUT2D eigenvalue weighted by atomic mass is 79.9. The van der Waals surface area contributed by atoms with Crippen molar-refractivity contribution in [3.8, 4) is 5.75 Å². The molecular formula is C19H18BrN3O. The van der Waals surface area contributed by atoms with E-state index in [0.29, 0.717) is 6.61 Å². The quantitative estimate of drug-likeness (QED) is 0.713. The van der Waals surface area contributed by atoms with Gasteiger partial charge in [0.05, 0.1) is 12.1 Å². The van der Waals surface area contributed by atoms with Crippen LogP contribution in [0.1, 0.15) is 12.5 Å². The summed E-state index contributed by atoms with van der Waals surface area (Å²) in [6, 6.07) is 14.2. The van der Waals surface area contributed by atoms with Crippen molar-refractivity contribution >= 4 is 44.0 Å². The summed E-state index contributed by atoms with van der Waals surface area (Å²) in [6.45, 7) is 3.55. The average molecular weight is 384 g/mol. The molecule has 2 heterocycles. The second-order valence-corrected chi connectivity index (χ2v) is 6.73. The number of aromatic nitrogens is 1. The van der Waals surface area contributed by atoms with Crippen molar-refractivity contribution in [1.29, 1.82) is 0 Å². The standard InChI is InChI=1S/C19H18BrN3O/c1-2-24-14-6-4-13(5-7-14)23-10-9-15-18(21)16-11-12(20)3-8-17(16)22-19(15)23/h3-8,11H,2,9-10H2,1H3,(H2,21,22). The van der Waals surface area contributed by atoms with Gasteiger partial charge in [-0.3, -0.25) is 0 Å². The molecule has 1 aliphatic heterocycles. The lowest BCUT2D eigenvalue weighted by molar-refractivity contribution is 0.340. The fourth-order valence-corrected chi connectivity index (χ4v) is 3.59. The summed E-state index contributed by atoms with van der Waals surface area (Å²) in [6.07, 6.45) is 0.907. The van der Waals surface area contributed by atoms with Gasteiger partial charge >= 0.3 is 0 Å². The molecule has 1 aliphatic rings. The van der Waals surface area contributed by atoms with Crippen LogP contribution in [0.25, 0.3) is 10.9 Å². The van der Waals surface area contributed by atoms with E-state index < -0.39 is 0 Å². The van der Waals surface area contributed by atoms with Gasteiger partial charge in [-0.05, 0) is 55.8 Å². The van der Waals surface area contributed by atoms with Crippen molar-refractivity contribution in [2.24, 2.45) is 0 Å². The van der Waals surface area contributed by atoms with Gasteiger partial charge in [0, 0.05) is 33.3 Å². The van der Waals surface area contributed by atoms with Crippen LogP contribution in [0.15, 0.2) is 46.9 Å². The Balaban J connectivity index is 1.78. The number of nitrogen functional groups attached to an aromatic ring is 1. The molecule has 5 heteroatoms. The van der Waals surface area contributed by atoms with Gasteiger partial charge in [0.25, 0.3) is 0 Å². The van der Waals surface area contributed by atoms with Gasteiger partial charge in [0.15, 0.2) is 0 Å². The van der Waals surface area contributed by atoms with Crippen molar-refractivity contribution in [2.75, 3.05) is 23.8 Å². The van der Waals surface area contributed by atoms with Crippen LogP contribution in [-0.4, -0.2) is 18.1 Å². The summed E-state index contributed by atoms with van der Waals surface area (Å²) in [4.78, 5) is 7.09. The zero-order valence-corrected chi connectivity index (χ0v) is 15.0. The van der Waals surface area contributed by atoms with E-state index in [-0.39, 0.29) is 0 Å². The SMILES string of the molecule is CCOc1ccc(N2CCc3c2nc2ccc(Br)cc2c3N)cc1. The van der Waals surface area contributed by atoms with E-state index in [1.165, 1.54) is 0 Å². The topological polar surface area (TPSA) is 51.4 Å². The Bertz CT molecular complexity index is 909. The summed E-state index contributed by atoms with van der Waals surface area (Å²) >= 11 is 3.51. The molecule has 1 aromatic heterocycles. The Morgan fingerprint density at radius 3 is 2.75 bits per heavy atom. The molecule has 0 fully saturated rings. The number of rotatable bonds is 3. The zero-order valence-electron chi connectivity index (χ0n) is 13.4. The molecule has 0 unspecified atom stereocenters. The smallest absolute Gasteiger partial charge is 0.139 e. The largest absolute Gasteiger partial charge is 0.494 e. The molecule has 122 valence electrons. The van der Waals surface area contributed by atoms with Crippen molar-refractivity contribution < 1.29 is 4.74 Å². The van der Waals surface area contributed by atoms with Crippen molar-refractivity contribution in [1.82, 2.24) is 4.98 Å². The second-order valence-electron chi connectivity index (χ2n) is 5.82. The van der Waals surface area contributed by atoms with Crippen LogP contribution in [0.3, 0.4) is 0 Å². The van der Waals surface area contributed by atoms with E-state index in [1.54, 1.807) is 0 Å². The molecule has 0 amide bonds. The number of fused-ring (bicyclic) bond motifs is 2. The Morgan fingerprint density at radius 1 is 1.21 bits per heavy atom. The normalized spacial score (nSPS) is 13.3. The lowest BCUT2D eigenvalue weighted by atomic mass is 10.1. The zero-order chi connectivity index (χ0) is 16.7. The average Bonchev–Trinajstić information content (AvgIpc) is 3.01. The second kappa shape index (κ2) is 5.98. The Hall–Kier alpha value is -2.27. The first-order chi connectivity index (χ1) is 11.7. The highest BCUT2D eigenvalue weighted by molar-refractivity contribution is 9.10. The van der Waals surface area contributed by atoms with Gasteiger partial charge < -0.3 is 15.4 Å². The minimum absolute atomic E-state index is 0.672. The van der Waals surface area contributed by atoms with Gasteiger partial charge in [-0.15, -0.1) is 0 Å². The maximum absolute atomic E-state index is 6.44. The molecule has 0 radical (unpaired) electrons. The third kappa shape index (κ3) is 2.49. The molecule has 0 aliphatic carbocycles. The van der Waals surface area contributed by atoms with Crippen LogP contribution in [0.5, 0.6) is 5.75 Å². The predicted molar refractivity (Wildman–Crippen MR) is 102 cm³/mol. The maximum atomic E-state index is 6.44. The molecule has 0 atom stereocenters. The highest BCUT2D eigenvalue weighted by Gasteiger charge is 2.25. The van der Waals surface area contributed by atoms with E-state index in [9.17, 15) is 0 Å². The van der Waals surface area contributed by atoms with Crippen LogP contribution < -0.4 is 15.4 Å². The number of pyridine rings is 1. The van der Waals surface area contributed by atoms with E-state index >= 15 is 0 Å². The molecule has 4 rings (SSSR count). The van der Waals surface area contributed by atoms with Crippen molar-refractivity contribution in [2.45, 2.75) is 13.3 Å². The first kappa shape index (κ1) is 15.3. The first-order valence-electron chi connectivity index (χ1n) is 8.05. The molecule has 0 spiro atoms. The third-order valence-corrected chi connectivity index (χ3v) is 4.86. The fraction of sp³-hybridized carbons (Fsp3) is 0.211. The van der Waals surface area contributed by atoms with Gasteiger partial charge in [0.1, 0.15) is 11.6 Å². The van der Waals surface area contributed by atoms with Crippen molar-refractivity contribution in [3.63, 3.8) is 0 Å². The maximum Gasteiger partial charge on any atom is 0.139 e. The minimum atomic E-state index is 0.672. The predicted octanol–water partition coefficient (Wildman–Crippen LogP) is 4.67. The summed E-state index contributed by atoms with van der Waals surface area (Å²) in [5.74, 6) is 1.85. The number of ether oxygens (including phenoxy) is 1. The lowest BCUT2D eigenvalue weighted by Crippen LogP contribution is -2.14. The fourth-order valence-electron chi connectivity index (χ4n) is 3.23.